The maximum absolute atomic E-state index is 10.7. The zero-order valence-corrected chi connectivity index (χ0v) is 9.83. The van der Waals surface area contributed by atoms with E-state index in [-0.39, 0.29) is 5.56 Å². The molecule has 0 unspecified atom stereocenters. The van der Waals surface area contributed by atoms with Gasteiger partial charge in [-0.1, -0.05) is 40.2 Å². The van der Waals surface area contributed by atoms with Crippen LogP contribution in [-0.2, 0) is 11.3 Å². The lowest BCUT2D eigenvalue weighted by atomic mass is 10.1. The average molecular weight is 272 g/mol. The van der Waals surface area contributed by atoms with Crippen LogP contribution in [0.1, 0.15) is 22.3 Å². The molecule has 0 N–H and O–H groups in total. The fraction of sp³-hybridized carbons (Fsp3) is 0.364. The maximum atomic E-state index is 10.7. The second-order valence-electron chi connectivity index (χ2n) is 3.04. The molecule has 0 aliphatic carbocycles. The van der Waals surface area contributed by atoms with Gasteiger partial charge in [0, 0.05) is 17.5 Å². The van der Waals surface area contributed by atoms with Gasteiger partial charge in [-0.05, 0) is 12.0 Å². The Labute approximate surface area is 97.2 Å². The summed E-state index contributed by atoms with van der Waals surface area (Å²) in [7, 11) is 0. The van der Waals surface area contributed by atoms with Gasteiger partial charge in [0.1, 0.15) is 0 Å². The Morgan fingerprint density at radius 1 is 1.40 bits per heavy atom. The van der Waals surface area contributed by atoms with Crippen molar-refractivity contribution in [2.24, 2.45) is 0 Å². The van der Waals surface area contributed by atoms with Gasteiger partial charge in [0.25, 0.3) is 0 Å². The van der Waals surface area contributed by atoms with E-state index in [0.717, 1.165) is 11.8 Å². The molecule has 0 saturated carbocycles. The summed E-state index contributed by atoms with van der Waals surface area (Å²) in [5.74, 6) is -1.16. The Kier molecular flexibility index (Phi) is 5.36. The van der Waals surface area contributed by atoms with Crippen LogP contribution in [0.2, 0.25) is 0 Å². The van der Waals surface area contributed by atoms with Crippen LogP contribution in [0, 0.1) is 0 Å². The molecule has 0 saturated heterocycles. The minimum absolute atomic E-state index is 0.205. The zero-order valence-electron chi connectivity index (χ0n) is 8.24. The van der Waals surface area contributed by atoms with Gasteiger partial charge in [0.15, 0.2) is 0 Å². The van der Waals surface area contributed by atoms with Crippen molar-refractivity contribution in [3.05, 3.63) is 35.4 Å². The molecule has 82 valence electrons. The first-order valence-electron chi connectivity index (χ1n) is 4.68. The number of carbonyl (C=O) groups excluding carboxylic acids is 1. The first-order chi connectivity index (χ1) is 7.25. The highest BCUT2D eigenvalue weighted by Crippen LogP contribution is 2.09. The van der Waals surface area contributed by atoms with Crippen molar-refractivity contribution >= 4 is 21.9 Å². The van der Waals surface area contributed by atoms with Gasteiger partial charge in [-0.25, -0.2) is 0 Å². The van der Waals surface area contributed by atoms with Crippen molar-refractivity contribution in [2.45, 2.75) is 13.0 Å². The standard InChI is InChI=1S/C11H13BrO3/c12-6-3-7-15-8-9-4-1-2-5-10(9)11(13)14/h1-2,4-5H,3,6-8H2,(H,13,14)/p-1. The lowest BCUT2D eigenvalue weighted by molar-refractivity contribution is -0.255. The molecule has 0 fully saturated rings. The third-order valence-corrected chi connectivity index (χ3v) is 2.48. The normalized spacial score (nSPS) is 10.2. The Morgan fingerprint density at radius 3 is 2.80 bits per heavy atom. The molecule has 1 aromatic rings. The van der Waals surface area contributed by atoms with E-state index in [1.807, 2.05) is 0 Å². The van der Waals surface area contributed by atoms with Crippen molar-refractivity contribution < 1.29 is 14.6 Å². The van der Waals surface area contributed by atoms with Crippen LogP contribution < -0.4 is 5.11 Å². The van der Waals surface area contributed by atoms with Gasteiger partial charge in [-0.15, -0.1) is 0 Å². The van der Waals surface area contributed by atoms with Crippen LogP contribution in [0.25, 0.3) is 0 Å². The van der Waals surface area contributed by atoms with E-state index in [0.29, 0.717) is 18.8 Å². The summed E-state index contributed by atoms with van der Waals surface area (Å²) >= 11 is 3.29. The number of aromatic carboxylic acids is 1. The Morgan fingerprint density at radius 2 is 2.13 bits per heavy atom. The highest BCUT2D eigenvalue weighted by molar-refractivity contribution is 9.09. The first kappa shape index (κ1) is 12.2. The molecule has 1 rings (SSSR count). The maximum Gasteiger partial charge on any atom is 0.0723 e. The van der Waals surface area contributed by atoms with Crippen molar-refractivity contribution in [1.82, 2.24) is 0 Å². The van der Waals surface area contributed by atoms with Gasteiger partial charge in [-0.2, -0.15) is 0 Å². The summed E-state index contributed by atoms with van der Waals surface area (Å²) < 4.78 is 5.33. The number of rotatable bonds is 6. The van der Waals surface area contributed by atoms with Crippen molar-refractivity contribution in [1.29, 1.82) is 0 Å². The van der Waals surface area contributed by atoms with Gasteiger partial charge >= 0.3 is 0 Å². The van der Waals surface area contributed by atoms with E-state index in [4.69, 9.17) is 4.74 Å². The molecule has 0 aliphatic heterocycles. The van der Waals surface area contributed by atoms with E-state index in [1.165, 1.54) is 6.07 Å². The fourth-order valence-corrected chi connectivity index (χ4v) is 1.41. The summed E-state index contributed by atoms with van der Waals surface area (Å²) in [6, 6.07) is 6.72. The SMILES string of the molecule is O=C([O-])c1ccccc1COCCCBr. The molecule has 0 atom stereocenters. The number of ether oxygens (including phenoxy) is 1. The first-order valence-corrected chi connectivity index (χ1v) is 5.81. The summed E-state index contributed by atoms with van der Waals surface area (Å²) in [6.07, 6.45) is 0.910. The van der Waals surface area contributed by atoms with Crippen molar-refractivity contribution in [3.8, 4) is 0 Å². The van der Waals surface area contributed by atoms with Gasteiger partial charge < -0.3 is 14.6 Å². The molecule has 3 nitrogen and oxygen atoms in total. The topological polar surface area (TPSA) is 49.4 Å². The lowest BCUT2D eigenvalue weighted by Gasteiger charge is -2.10. The van der Waals surface area contributed by atoms with E-state index < -0.39 is 5.97 Å². The molecule has 0 heterocycles. The third kappa shape index (κ3) is 4.01. The molecule has 0 amide bonds. The predicted molar refractivity (Wildman–Crippen MR) is 58.8 cm³/mol. The second kappa shape index (κ2) is 6.58. The molecule has 15 heavy (non-hydrogen) atoms. The minimum atomic E-state index is -1.16. The highest BCUT2D eigenvalue weighted by atomic mass is 79.9. The summed E-state index contributed by atoms with van der Waals surface area (Å²) in [5, 5.41) is 11.6. The van der Waals surface area contributed by atoms with Crippen LogP contribution in [0.3, 0.4) is 0 Å². The van der Waals surface area contributed by atoms with Crippen LogP contribution in [0.5, 0.6) is 0 Å². The molecular formula is C11H12BrO3-. The summed E-state index contributed by atoms with van der Waals surface area (Å²) in [6.45, 7) is 0.934. The molecular weight excluding hydrogens is 260 g/mol. The monoisotopic (exact) mass is 271 g/mol. The van der Waals surface area contributed by atoms with Crippen molar-refractivity contribution in [3.63, 3.8) is 0 Å². The molecule has 0 bridgehead atoms. The number of carboxylic acids is 1. The largest absolute Gasteiger partial charge is 0.545 e. The smallest absolute Gasteiger partial charge is 0.0723 e. The zero-order chi connectivity index (χ0) is 11.1. The number of alkyl halides is 1. The quantitative estimate of drug-likeness (QED) is 0.580. The van der Waals surface area contributed by atoms with E-state index in [2.05, 4.69) is 15.9 Å². The number of hydrogen-bond acceptors (Lipinski definition) is 3. The molecule has 1 aromatic carbocycles. The second-order valence-corrected chi connectivity index (χ2v) is 3.83. The number of halogens is 1. The van der Waals surface area contributed by atoms with Gasteiger partial charge in [0.05, 0.1) is 12.6 Å². The number of hydrogen-bond donors (Lipinski definition) is 0. The van der Waals surface area contributed by atoms with Gasteiger partial charge in [-0.3, -0.25) is 0 Å². The molecule has 0 aliphatic rings. The Balaban J connectivity index is 2.56. The highest BCUT2D eigenvalue weighted by Gasteiger charge is 2.01. The van der Waals surface area contributed by atoms with Crippen LogP contribution in [0.15, 0.2) is 24.3 Å². The van der Waals surface area contributed by atoms with Crippen LogP contribution >= 0.6 is 15.9 Å². The summed E-state index contributed by atoms with van der Waals surface area (Å²) in [4.78, 5) is 10.7. The molecule has 0 aromatic heterocycles. The van der Waals surface area contributed by atoms with Crippen molar-refractivity contribution in [2.75, 3.05) is 11.9 Å². The molecule has 0 radical (unpaired) electrons. The Bertz CT molecular complexity index is 325. The fourth-order valence-electron chi connectivity index (χ4n) is 1.18. The molecule has 4 heteroatoms. The third-order valence-electron chi connectivity index (χ3n) is 1.92. The van der Waals surface area contributed by atoms with E-state index >= 15 is 0 Å². The van der Waals surface area contributed by atoms with Gasteiger partial charge in [0.2, 0.25) is 0 Å². The Hall–Kier alpha value is -0.870. The van der Waals surface area contributed by atoms with Crippen LogP contribution in [-0.4, -0.2) is 17.9 Å². The predicted octanol–water partition coefficient (Wildman–Crippen LogP) is 1.35. The van der Waals surface area contributed by atoms with E-state index in [9.17, 15) is 9.90 Å². The summed E-state index contributed by atoms with van der Waals surface area (Å²) in [5.41, 5.74) is 0.864. The van der Waals surface area contributed by atoms with Crippen LogP contribution in [0.4, 0.5) is 0 Å². The number of benzene rings is 1. The minimum Gasteiger partial charge on any atom is -0.545 e. The number of carboxylic acid groups (broad SMARTS) is 1. The average Bonchev–Trinajstić information content (AvgIpc) is 2.25. The lowest BCUT2D eigenvalue weighted by Crippen LogP contribution is -2.23. The van der Waals surface area contributed by atoms with E-state index in [1.54, 1.807) is 18.2 Å². The number of carbonyl (C=O) groups is 1. The molecule has 0 spiro atoms.